The molecule has 0 amide bonds. The summed E-state index contributed by atoms with van der Waals surface area (Å²) in [5.74, 6) is 0.263. The van der Waals surface area contributed by atoms with Crippen LogP contribution in [0.15, 0.2) is 23.1 Å². The first-order valence-corrected chi connectivity index (χ1v) is 7.88. The first-order valence-electron chi connectivity index (χ1n) is 6.03. The maximum absolute atomic E-state index is 12.5. The number of aryl methyl sites for hydroxylation is 1. The van der Waals surface area contributed by atoms with Crippen molar-refractivity contribution in [3.8, 4) is 0 Å². The van der Waals surface area contributed by atoms with Gasteiger partial charge in [-0.05, 0) is 24.5 Å². The molecule has 6 heteroatoms. The second-order valence-electron chi connectivity index (χ2n) is 5.02. The van der Waals surface area contributed by atoms with E-state index in [1.807, 2.05) is 13.8 Å². The van der Waals surface area contributed by atoms with E-state index in [9.17, 15) is 8.42 Å². The van der Waals surface area contributed by atoms with Gasteiger partial charge >= 0.3 is 0 Å². The van der Waals surface area contributed by atoms with Gasteiger partial charge < -0.3 is 5.73 Å². The van der Waals surface area contributed by atoms with E-state index in [2.05, 4.69) is 0 Å². The van der Waals surface area contributed by atoms with Crippen LogP contribution in [-0.4, -0.2) is 31.3 Å². The number of nitrogens with two attached hydrogens (primary N) is 1. The topological polar surface area (TPSA) is 63.4 Å². The van der Waals surface area contributed by atoms with Crippen molar-refractivity contribution in [1.29, 1.82) is 0 Å². The molecular weight excluding hydrogens is 280 g/mol. The van der Waals surface area contributed by atoms with Crippen molar-refractivity contribution in [1.82, 2.24) is 4.31 Å². The third-order valence-corrected chi connectivity index (χ3v) is 4.98. The summed E-state index contributed by atoms with van der Waals surface area (Å²) in [6, 6.07) is 5.01. The van der Waals surface area contributed by atoms with Crippen LogP contribution < -0.4 is 5.73 Å². The molecule has 2 N–H and O–H groups in total. The van der Waals surface area contributed by atoms with Gasteiger partial charge in [-0.2, -0.15) is 0 Å². The average molecular weight is 300 g/mol. The summed E-state index contributed by atoms with van der Waals surface area (Å²) in [7, 11) is -1.92. The monoisotopic (exact) mass is 300 g/mol. The Bertz CT molecular complexity index is 580. The van der Waals surface area contributed by atoms with Gasteiger partial charge in [-0.25, -0.2) is 12.7 Å². The fourth-order valence-corrected chi connectivity index (χ4v) is 3.52. The van der Waals surface area contributed by atoms with Gasteiger partial charge in [-0.15, -0.1) is 0 Å². The summed E-state index contributed by atoms with van der Waals surface area (Å²) in [4.78, 5) is 0.462. The Hall–Kier alpha value is -0.980. The number of thiocarbonyl (C=S) groups is 1. The number of hydrogen-bond donors (Lipinski definition) is 1. The highest BCUT2D eigenvalue weighted by atomic mass is 32.2. The van der Waals surface area contributed by atoms with Crippen LogP contribution in [0.5, 0.6) is 0 Å². The molecule has 0 aliphatic carbocycles. The Balaban J connectivity index is 3.28. The number of sulfonamides is 1. The molecule has 1 aromatic carbocycles. The standard InChI is InChI=1S/C13H20N2O2S2/c1-9(2)8-15(4)19(16,17)12-7-11(13(14)18)6-5-10(12)3/h5-7,9H,8H2,1-4H3,(H2,14,18). The largest absolute Gasteiger partial charge is 0.389 e. The zero-order chi connectivity index (χ0) is 14.8. The fourth-order valence-electron chi connectivity index (χ4n) is 1.81. The van der Waals surface area contributed by atoms with E-state index in [1.54, 1.807) is 32.2 Å². The molecule has 0 aliphatic rings. The van der Waals surface area contributed by atoms with Crippen LogP contribution in [0.1, 0.15) is 25.0 Å². The van der Waals surface area contributed by atoms with Crippen LogP contribution in [0.4, 0.5) is 0 Å². The molecule has 0 radical (unpaired) electrons. The molecule has 0 spiro atoms. The highest BCUT2D eigenvalue weighted by molar-refractivity contribution is 7.89. The highest BCUT2D eigenvalue weighted by Crippen LogP contribution is 2.21. The smallest absolute Gasteiger partial charge is 0.243 e. The molecule has 0 aliphatic heterocycles. The second kappa shape index (κ2) is 5.98. The molecule has 0 bridgehead atoms. The summed E-state index contributed by atoms with van der Waals surface area (Å²) in [6.07, 6.45) is 0. The summed E-state index contributed by atoms with van der Waals surface area (Å²) in [6.45, 7) is 6.19. The minimum Gasteiger partial charge on any atom is -0.389 e. The molecule has 1 rings (SSSR count). The molecule has 0 saturated carbocycles. The predicted molar refractivity (Wildman–Crippen MR) is 81.7 cm³/mol. The third kappa shape index (κ3) is 3.75. The van der Waals surface area contributed by atoms with Gasteiger partial charge in [0.2, 0.25) is 10.0 Å². The lowest BCUT2D eigenvalue weighted by molar-refractivity contribution is 0.417. The van der Waals surface area contributed by atoms with Crippen molar-refractivity contribution in [2.45, 2.75) is 25.7 Å². The molecular formula is C13H20N2O2S2. The fraction of sp³-hybridized carbons (Fsp3) is 0.462. The summed E-state index contributed by atoms with van der Waals surface area (Å²) < 4.78 is 26.4. The zero-order valence-corrected chi connectivity index (χ0v) is 13.3. The van der Waals surface area contributed by atoms with Gasteiger partial charge in [0.05, 0.1) is 4.90 Å². The van der Waals surface area contributed by atoms with Gasteiger partial charge in [0.15, 0.2) is 0 Å². The van der Waals surface area contributed by atoms with Gasteiger partial charge in [0.25, 0.3) is 0 Å². The van der Waals surface area contributed by atoms with Crippen molar-refractivity contribution in [3.63, 3.8) is 0 Å². The normalized spacial score (nSPS) is 12.1. The molecule has 0 atom stereocenters. The van der Waals surface area contributed by atoms with Crippen molar-refractivity contribution < 1.29 is 8.42 Å². The molecule has 0 saturated heterocycles. The minimum atomic E-state index is -3.50. The van der Waals surface area contributed by atoms with Crippen molar-refractivity contribution in [2.24, 2.45) is 11.7 Å². The van der Waals surface area contributed by atoms with Gasteiger partial charge in [-0.1, -0.05) is 38.2 Å². The van der Waals surface area contributed by atoms with E-state index in [0.29, 0.717) is 17.7 Å². The van der Waals surface area contributed by atoms with Gasteiger partial charge in [0, 0.05) is 19.2 Å². The van der Waals surface area contributed by atoms with E-state index in [0.717, 1.165) is 0 Å². The zero-order valence-electron chi connectivity index (χ0n) is 11.7. The molecule has 4 nitrogen and oxygen atoms in total. The van der Waals surface area contributed by atoms with E-state index < -0.39 is 10.0 Å². The second-order valence-corrected chi connectivity index (χ2v) is 7.48. The minimum absolute atomic E-state index is 0.197. The number of nitrogens with zero attached hydrogens (tertiary/aromatic N) is 1. The Labute approximate surface area is 120 Å². The van der Waals surface area contributed by atoms with Crippen LogP contribution in [0.25, 0.3) is 0 Å². The average Bonchev–Trinajstić information content (AvgIpc) is 2.27. The third-order valence-electron chi connectivity index (χ3n) is 2.78. The molecule has 0 unspecified atom stereocenters. The highest BCUT2D eigenvalue weighted by Gasteiger charge is 2.23. The van der Waals surface area contributed by atoms with E-state index >= 15 is 0 Å². The van der Waals surface area contributed by atoms with Crippen LogP contribution in [0, 0.1) is 12.8 Å². The lowest BCUT2D eigenvalue weighted by Crippen LogP contribution is -2.31. The lowest BCUT2D eigenvalue weighted by atomic mass is 10.1. The Morgan fingerprint density at radius 1 is 1.42 bits per heavy atom. The Morgan fingerprint density at radius 3 is 2.47 bits per heavy atom. The van der Waals surface area contributed by atoms with E-state index in [1.165, 1.54) is 4.31 Å². The van der Waals surface area contributed by atoms with E-state index in [-0.39, 0.29) is 15.8 Å². The lowest BCUT2D eigenvalue weighted by Gasteiger charge is -2.20. The van der Waals surface area contributed by atoms with Crippen LogP contribution in [0.2, 0.25) is 0 Å². The van der Waals surface area contributed by atoms with Crippen molar-refractivity contribution in [3.05, 3.63) is 29.3 Å². The van der Waals surface area contributed by atoms with Crippen LogP contribution >= 0.6 is 12.2 Å². The van der Waals surface area contributed by atoms with Crippen LogP contribution in [0.3, 0.4) is 0 Å². The SMILES string of the molecule is Cc1ccc(C(N)=S)cc1S(=O)(=O)N(C)CC(C)C. The van der Waals surface area contributed by atoms with Gasteiger partial charge in [-0.3, -0.25) is 0 Å². The molecule has 106 valence electrons. The number of benzene rings is 1. The quantitative estimate of drug-likeness (QED) is 0.844. The number of rotatable bonds is 5. The maximum Gasteiger partial charge on any atom is 0.243 e. The first-order chi connectivity index (χ1) is 8.66. The predicted octanol–water partition coefficient (Wildman–Crippen LogP) is 1.91. The molecule has 0 fully saturated rings. The summed E-state index contributed by atoms with van der Waals surface area (Å²) in [5, 5.41) is 0. The summed E-state index contributed by atoms with van der Waals surface area (Å²) >= 11 is 4.89. The molecule has 0 aromatic heterocycles. The molecule has 1 aromatic rings. The molecule has 0 heterocycles. The number of hydrogen-bond acceptors (Lipinski definition) is 3. The van der Waals surface area contributed by atoms with E-state index in [4.69, 9.17) is 18.0 Å². The van der Waals surface area contributed by atoms with Crippen molar-refractivity contribution in [2.75, 3.05) is 13.6 Å². The Kier molecular flexibility index (Phi) is 5.06. The van der Waals surface area contributed by atoms with Crippen LogP contribution in [-0.2, 0) is 10.0 Å². The maximum atomic E-state index is 12.5. The Morgan fingerprint density at radius 2 is 2.00 bits per heavy atom. The molecule has 19 heavy (non-hydrogen) atoms. The van der Waals surface area contributed by atoms with Crippen molar-refractivity contribution >= 4 is 27.2 Å². The summed E-state index contributed by atoms with van der Waals surface area (Å²) in [5.41, 5.74) is 6.81. The van der Waals surface area contributed by atoms with Gasteiger partial charge in [0.1, 0.15) is 4.99 Å². The first kappa shape index (κ1) is 16.1.